The van der Waals surface area contributed by atoms with E-state index in [4.69, 9.17) is 0 Å². The van der Waals surface area contributed by atoms with Crippen molar-refractivity contribution in [3.05, 3.63) is 0 Å². The molecule has 0 amide bonds. The Kier molecular flexibility index (Phi) is 3.01. The van der Waals surface area contributed by atoms with Gasteiger partial charge in [-0.3, -0.25) is 5.14 Å². The van der Waals surface area contributed by atoms with Gasteiger partial charge in [0, 0.05) is 5.54 Å². The van der Waals surface area contributed by atoms with Crippen molar-refractivity contribution >= 4 is 12.8 Å². The van der Waals surface area contributed by atoms with Gasteiger partial charge < -0.3 is 5.32 Å². The number of thiol groups is 1. The molecule has 1 saturated carbocycles. The lowest BCUT2D eigenvalue weighted by Crippen LogP contribution is -2.35. The molecule has 3 heteroatoms. The van der Waals surface area contributed by atoms with Crippen LogP contribution in [0.5, 0.6) is 0 Å². The second-order valence-electron chi connectivity index (χ2n) is 3.16. The molecular weight excluding hydrogens is 144 g/mol. The van der Waals surface area contributed by atoms with E-state index in [1.54, 1.807) is 0 Å². The Hall–Kier alpha value is 0.270. The van der Waals surface area contributed by atoms with E-state index in [9.17, 15) is 0 Å². The van der Waals surface area contributed by atoms with Crippen LogP contribution in [0.4, 0.5) is 0 Å². The second-order valence-corrected chi connectivity index (χ2v) is 3.16. The molecule has 0 aromatic rings. The second kappa shape index (κ2) is 3.60. The van der Waals surface area contributed by atoms with E-state index in [0.29, 0.717) is 5.54 Å². The summed E-state index contributed by atoms with van der Waals surface area (Å²) in [6.07, 6.45) is 7.22. The van der Waals surface area contributed by atoms with Crippen molar-refractivity contribution in [3.63, 3.8) is 0 Å². The molecule has 1 aliphatic carbocycles. The van der Waals surface area contributed by atoms with Gasteiger partial charge in [0.15, 0.2) is 0 Å². The zero-order valence-corrected chi connectivity index (χ0v) is 7.16. The lowest BCUT2D eigenvalue weighted by atomic mass is 10.0. The number of hydrogen-bond acceptors (Lipinski definition) is 3. The van der Waals surface area contributed by atoms with E-state index in [1.165, 1.54) is 38.6 Å². The van der Waals surface area contributed by atoms with Gasteiger partial charge in [0.2, 0.25) is 0 Å². The molecule has 2 fully saturated rings. The van der Waals surface area contributed by atoms with Gasteiger partial charge in [0.1, 0.15) is 0 Å². The van der Waals surface area contributed by atoms with Crippen LogP contribution in [0.2, 0.25) is 0 Å². The average Bonchev–Trinajstić information content (AvgIpc) is 2.75. The molecule has 1 saturated heterocycles. The molecule has 60 valence electrons. The van der Waals surface area contributed by atoms with E-state index in [2.05, 4.69) is 23.3 Å². The maximum atomic E-state index is 4.19. The Morgan fingerprint density at radius 2 is 1.80 bits per heavy atom. The summed E-state index contributed by atoms with van der Waals surface area (Å²) in [5, 5.41) is 7.76. The van der Waals surface area contributed by atoms with Crippen LogP contribution in [0.25, 0.3) is 0 Å². The fourth-order valence-electron chi connectivity index (χ4n) is 1.61. The third kappa shape index (κ3) is 1.87. The molecule has 0 atom stereocenters. The molecule has 0 aromatic heterocycles. The van der Waals surface area contributed by atoms with Crippen LogP contribution in [0.1, 0.15) is 32.1 Å². The van der Waals surface area contributed by atoms with Crippen LogP contribution in [-0.2, 0) is 0 Å². The Bertz CT molecular complexity index is 93.8. The molecule has 0 bridgehead atoms. The van der Waals surface area contributed by atoms with Crippen molar-refractivity contribution < 1.29 is 0 Å². The summed E-state index contributed by atoms with van der Waals surface area (Å²) in [4.78, 5) is 0. The summed E-state index contributed by atoms with van der Waals surface area (Å²) in [5.74, 6) is 0. The molecule has 2 nitrogen and oxygen atoms in total. The van der Waals surface area contributed by atoms with E-state index in [1.807, 2.05) is 0 Å². The van der Waals surface area contributed by atoms with Crippen molar-refractivity contribution in [1.29, 1.82) is 0 Å². The Morgan fingerprint density at radius 1 is 1.10 bits per heavy atom. The van der Waals surface area contributed by atoms with Crippen LogP contribution in [0.15, 0.2) is 0 Å². The highest BCUT2D eigenvalue weighted by Gasteiger charge is 2.42. The minimum atomic E-state index is 0.679. The fraction of sp³-hybridized carbons (Fsp3) is 1.00. The van der Waals surface area contributed by atoms with Crippen molar-refractivity contribution in [3.8, 4) is 0 Å². The van der Waals surface area contributed by atoms with Gasteiger partial charge in [-0.25, -0.2) is 0 Å². The smallest absolute Gasteiger partial charge is 0.0182 e. The highest BCUT2D eigenvalue weighted by Crippen LogP contribution is 2.41. The average molecular weight is 160 g/mol. The Labute approximate surface area is 68.1 Å². The van der Waals surface area contributed by atoms with Gasteiger partial charge in [0.25, 0.3) is 0 Å². The Morgan fingerprint density at radius 3 is 2.10 bits per heavy atom. The highest BCUT2D eigenvalue weighted by atomic mass is 32.1. The summed E-state index contributed by atoms with van der Waals surface area (Å²) >= 11 is 3.03. The summed E-state index contributed by atoms with van der Waals surface area (Å²) < 4.78 is 0. The van der Waals surface area contributed by atoms with E-state index in [-0.39, 0.29) is 0 Å². The van der Waals surface area contributed by atoms with Crippen LogP contribution < -0.4 is 10.5 Å². The number of nitrogens with two attached hydrogens (primary N) is 1. The zero-order chi connectivity index (χ0) is 7.45. The normalized spacial score (nSPS) is 27.0. The quantitative estimate of drug-likeness (QED) is 0.464. The SMILES string of the molecule is C1CCC2(CC2)NC1.NS. The number of piperidine rings is 1. The van der Waals surface area contributed by atoms with Gasteiger partial charge in [0.05, 0.1) is 0 Å². The first-order valence-corrected chi connectivity index (χ1v) is 4.44. The van der Waals surface area contributed by atoms with Gasteiger partial charge in [-0.15, -0.1) is 12.8 Å². The van der Waals surface area contributed by atoms with E-state index < -0.39 is 0 Å². The first-order valence-electron chi connectivity index (χ1n) is 3.92. The zero-order valence-electron chi connectivity index (χ0n) is 6.27. The molecule has 3 N–H and O–H groups in total. The summed E-state index contributed by atoms with van der Waals surface area (Å²) in [6, 6.07) is 0. The first-order chi connectivity index (χ1) is 4.91. The highest BCUT2D eigenvalue weighted by molar-refractivity contribution is 7.77. The van der Waals surface area contributed by atoms with Gasteiger partial charge >= 0.3 is 0 Å². The first kappa shape index (κ1) is 8.37. The standard InChI is InChI=1S/C7H13N.H3NS/c1-2-6-8-7(3-1)4-5-7;1-2/h8H,1-6H2;2H,1H2. The predicted molar refractivity (Wildman–Crippen MR) is 47.0 cm³/mol. The topological polar surface area (TPSA) is 38.0 Å². The van der Waals surface area contributed by atoms with Crippen LogP contribution in [0.3, 0.4) is 0 Å². The lowest BCUT2D eigenvalue weighted by molar-refractivity contribution is 0.385. The molecule has 10 heavy (non-hydrogen) atoms. The third-order valence-corrected chi connectivity index (χ3v) is 2.44. The molecular formula is C7H16N2S. The monoisotopic (exact) mass is 160 g/mol. The van der Waals surface area contributed by atoms with Crippen LogP contribution >= 0.6 is 12.8 Å². The van der Waals surface area contributed by atoms with E-state index in [0.717, 1.165) is 0 Å². The molecule has 1 spiro atoms. The molecule has 0 unspecified atom stereocenters. The molecule has 0 aromatic carbocycles. The molecule has 2 rings (SSSR count). The van der Waals surface area contributed by atoms with Gasteiger partial charge in [-0.05, 0) is 32.2 Å². The summed E-state index contributed by atoms with van der Waals surface area (Å²) in [6.45, 7) is 1.28. The summed E-state index contributed by atoms with van der Waals surface area (Å²) in [7, 11) is 0. The Balaban J connectivity index is 0.000000231. The van der Waals surface area contributed by atoms with Crippen LogP contribution in [-0.4, -0.2) is 12.1 Å². The molecule has 1 heterocycles. The van der Waals surface area contributed by atoms with Gasteiger partial charge in [-0.2, -0.15) is 0 Å². The van der Waals surface area contributed by atoms with Crippen molar-refractivity contribution in [2.24, 2.45) is 5.14 Å². The summed E-state index contributed by atoms with van der Waals surface area (Å²) in [5.41, 5.74) is 0.679. The third-order valence-electron chi connectivity index (χ3n) is 2.44. The molecule has 0 radical (unpaired) electrons. The number of hydrogen-bond donors (Lipinski definition) is 3. The van der Waals surface area contributed by atoms with Crippen molar-refractivity contribution in [2.75, 3.05) is 6.54 Å². The molecule has 1 aliphatic heterocycles. The van der Waals surface area contributed by atoms with Gasteiger partial charge in [-0.1, -0.05) is 6.42 Å². The fourth-order valence-corrected chi connectivity index (χ4v) is 1.61. The van der Waals surface area contributed by atoms with Crippen molar-refractivity contribution in [2.45, 2.75) is 37.6 Å². The van der Waals surface area contributed by atoms with E-state index >= 15 is 0 Å². The molecule has 2 aliphatic rings. The lowest BCUT2D eigenvalue weighted by Gasteiger charge is -2.22. The van der Waals surface area contributed by atoms with Crippen LogP contribution in [0, 0.1) is 0 Å². The number of nitrogens with one attached hydrogen (secondary N) is 1. The maximum absolute atomic E-state index is 4.19. The largest absolute Gasteiger partial charge is 0.311 e. The minimum Gasteiger partial charge on any atom is -0.311 e. The predicted octanol–water partition coefficient (Wildman–Crippen LogP) is 1.08. The maximum Gasteiger partial charge on any atom is 0.0182 e. The minimum absolute atomic E-state index is 0.679. The number of rotatable bonds is 0. The van der Waals surface area contributed by atoms with Crippen molar-refractivity contribution in [1.82, 2.24) is 5.32 Å².